The Morgan fingerprint density at radius 1 is 0.605 bits per heavy atom. The van der Waals surface area contributed by atoms with E-state index in [4.69, 9.17) is 22.2 Å². The van der Waals surface area contributed by atoms with Gasteiger partial charge < -0.3 is 27.8 Å². The van der Waals surface area contributed by atoms with Crippen molar-refractivity contribution < 1.29 is 4.79 Å². The van der Waals surface area contributed by atoms with E-state index in [1.807, 2.05) is 84.9 Å². The maximum Gasteiger partial charge on any atom is 0.204 e. The van der Waals surface area contributed by atoms with Gasteiger partial charge in [-0.15, -0.1) is 0 Å². The molecule has 1 aliphatic rings. The molecule has 0 unspecified atom stereocenters. The molecular formula is C31H36N6O. The minimum absolute atomic E-state index is 0.146. The van der Waals surface area contributed by atoms with Gasteiger partial charge in [-0.3, -0.25) is 4.79 Å². The molecule has 0 bridgehead atoms. The monoisotopic (exact) mass is 508 g/mol. The van der Waals surface area contributed by atoms with E-state index in [-0.39, 0.29) is 5.78 Å². The lowest BCUT2D eigenvalue weighted by Gasteiger charge is -2.24. The molecule has 7 heteroatoms. The fourth-order valence-corrected chi connectivity index (χ4v) is 4.47. The zero-order valence-corrected chi connectivity index (χ0v) is 23.1. The number of aliphatic imine (C=N–C) groups is 1. The van der Waals surface area contributed by atoms with Crippen molar-refractivity contribution in [2.75, 3.05) is 27.8 Å². The van der Waals surface area contributed by atoms with Crippen molar-refractivity contribution >= 4 is 45.6 Å². The molecule has 3 aromatic rings. The molecule has 0 aliphatic heterocycles. The van der Waals surface area contributed by atoms with E-state index in [2.05, 4.69) is 10.6 Å². The average Bonchev–Trinajstić information content (AvgIpc) is 2.88. The van der Waals surface area contributed by atoms with Gasteiger partial charge in [-0.05, 0) is 118 Å². The number of benzene rings is 3. The van der Waals surface area contributed by atoms with Gasteiger partial charge in [0.05, 0.1) is 22.8 Å². The molecule has 7 nitrogen and oxygen atoms in total. The third kappa shape index (κ3) is 4.75. The van der Waals surface area contributed by atoms with Crippen molar-refractivity contribution in [1.82, 2.24) is 0 Å². The second kappa shape index (κ2) is 10.1. The highest BCUT2D eigenvalue weighted by molar-refractivity contribution is 6.27. The fourth-order valence-electron chi connectivity index (χ4n) is 4.47. The van der Waals surface area contributed by atoms with Crippen LogP contribution in [-0.2, 0) is 4.79 Å². The summed E-state index contributed by atoms with van der Waals surface area (Å²) in [7, 11) is 0. The average molecular weight is 509 g/mol. The van der Waals surface area contributed by atoms with Crippen LogP contribution in [0, 0.1) is 41.5 Å². The minimum atomic E-state index is -0.146. The number of hydrogen-bond donors (Lipinski definition) is 5. The first kappa shape index (κ1) is 26.5. The van der Waals surface area contributed by atoms with Crippen molar-refractivity contribution in [2.24, 2.45) is 4.99 Å². The molecular weight excluding hydrogens is 472 g/mol. The van der Waals surface area contributed by atoms with Gasteiger partial charge in [0.15, 0.2) is 0 Å². The number of hydrogen-bond acceptors (Lipinski definition) is 7. The summed E-state index contributed by atoms with van der Waals surface area (Å²) in [5.74, 6) is -0.146. The normalized spacial score (nSPS) is 14.7. The van der Waals surface area contributed by atoms with E-state index in [0.29, 0.717) is 22.8 Å². The largest absolute Gasteiger partial charge is 0.399 e. The molecule has 8 N–H and O–H groups in total. The Morgan fingerprint density at radius 2 is 1.08 bits per heavy atom. The van der Waals surface area contributed by atoms with E-state index in [9.17, 15) is 4.79 Å². The Hall–Kier alpha value is -4.52. The number of anilines is 5. The minimum Gasteiger partial charge on any atom is -0.399 e. The zero-order chi connectivity index (χ0) is 27.9. The molecule has 1 aliphatic carbocycles. The molecule has 0 fully saturated rings. The van der Waals surface area contributed by atoms with Crippen molar-refractivity contribution in [3.05, 3.63) is 92.8 Å². The highest BCUT2D eigenvalue weighted by Gasteiger charge is 2.26. The molecule has 0 amide bonds. The number of carbonyl (C=O) groups is 1. The SMILES string of the molecule is CC1=C(Nc2ccc(N)c(C)c2C)C(=O)C=C(Nc2ccc(N)c(C)c2C)C1=Nc1ccc(N)c(C)c1C. The quantitative estimate of drug-likeness (QED) is 0.202. The van der Waals surface area contributed by atoms with Gasteiger partial charge in [0.2, 0.25) is 5.78 Å². The summed E-state index contributed by atoms with van der Waals surface area (Å²) in [6, 6.07) is 11.3. The summed E-state index contributed by atoms with van der Waals surface area (Å²) in [6.45, 7) is 13.8. The van der Waals surface area contributed by atoms with Crippen LogP contribution in [0.4, 0.5) is 34.1 Å². The first-order valence-electron chi connectivity index (χ1n) is 12.6. The maximum atomic E-state index is 13.5. The number of ketones is 1. The summed E-state index contributed by atoms with van der Waals surface area (Å²) >= 11 is 0. The van der Waals surface area contributed by atoms with Gasteiger partial charge in [-0.1, -0.05) is 0 Å². The predicted molar refractivity (Wildman–Crippen MR) is 161 cm³/mol. The topological polar surface area (TPSA) is 132 Å². The Balaban J connectivity index is 1.86. The van der Waals surface area contributed by atoms with E-state index in [1.165, 1.54) is 0 Å². The number of rotatable bonds is 5. The van der Waals surface area contributed by atoms with Crippen molar-refractivity contribution in [3.8, 4) is 0 Å². The van der Waals surface area contributed by atoms with Crippen LogP contribution in [0.1, 0.15) is 40.3 Å². The van der Waals surface area contributed by atoms with Crippen LogP contribution >= 0.6 is 0 Å². The third-order valence-corrected chi connectivity index (χ3v) is 7.73. The Labute approximate surface area is 224 Å². The standard InChI is InChI=1S/C31H36N6O/c1-15-18(4)25(11-8-22(15)32)35-28-14-29(38)31(37-27-13-10-24(34)17(3)20(27)6)21(7)30(28)36-26-12-9-23(33)16(2)19(26)5/h8-14,35,37H,32-34H2,1-7H3. The van der Waals surface area contributed by atoms with Crippen molar-refractivity contribution in [1.29, 1.82) is 0 Å². The smallest absolute Gasteiger partial charge is 0.204 e. The number of allylic oxidation sites excluding steroid dienone is 2. The number of nitrogens with zero attached hydrogens (tertiary/aromatic N) is 1. The van der Waals surface area contributed by atoms with E-state index in [0.717, 1.165) is 67.4 Å². The number of nitrogens with one attached hydrogen (secondary N) is 2. The third-order valence-electron chi connectivity index (χ3n) is 7.73. The zero-order valence-electron chi connectivity index (χ0n) is 23.1. The first-order chi connectivity index (χ1) is 17.9. The molecule has 3 aromatic carbocycles. The van der Waals surface area contributed by atoms with E-state index >= 15 is 0 Å². The van der Waals surface area contributed by atoms with Crippen LogP contribution in [0.2, 0.25) is 0 Å². The highest BCUT2D eigenvalue weighted by atomic mass is 16.1. The lowest BCUT2D eigenvalue weighted by molar-refractivity contribution is -0.111. The van der Waals surface area contributed by atoms with Gasteiger partial charge in [-0.2, -0.15) is 0 Å². The highest BCUT2D eigenvalue weighted by Crippen LogP contribution is 2.33. The molecule has 0 saturated heterocycles. The summed E-state index contributed by atoms with van der Waals surface area (Å²) in [5.41, 5.74) is 31.4. The van der Waals surface area contributed by atoms with Gasteiger partial charge in [0.25, 0.3) is 0 Å². The molecule has 0 saturated carbocycles. The van der Waals surface area contributed by atoms with Crippen LogP contribution < -0.4 is 27.8 Å². The van der Waals surface area contributed by atoms with Gasteiger partial charge >= 0.3 is 0 Å². The molecule has 0 spiro atoms. The summed E-state index contributed by atoms with van der Waals surface area (Å²) in [6.07, 6.45) is 1.60. The molecule has 38 heavy (non-hydrogen) atoms. The fraction of sp³-hybridized carbons (Fsp3) is 0.226. The second-order valence-electron chi connectivity index (χ2n) is 9.96. The summed E-state index contributed by atoms with van der Waals surface area (Å²) < 4.78 is 0. The van der Waals surface area contributed by atoms with Crippen LogP contribution in [0.15, 0.2) is 64.4 Å². The number of nitrogens with two attached hydrogens (primary N) is 3. The van der Waals surface area contributed by atoms with Crippen molar-refractivity contribution in [3.63, 3.8) is 0 Å². The van der Waals surface area contributed by atoms with Crippen LogP contribution in [-0.4, -0.2) is 11.5 Å². The van der Waals surface area contributed by atoms with Gasteiger partial charge in [0, 0.05) is 40.1 Å². The molecule has 196 valence electrons. The summed E-state index contributed by atoms with van der Waals surface area (Å²) in [4.78, 5) is 18.6. The van der Waals surface area contributed by atoms with E-state index in [1.54, 1.807) is 6.08 Å². The van der Waals surface area contributed by atoms with Crippen LogP contribution in [0.3, 0.4) is 0 Å². The second-order valence-corrected chi connectivity index (χ2v) is 9.96. The van der Waals surface area contributed by atoms with Gasteiger partial charge in [0.1, 0.15) is 0 Å². The number of carbonyl (C=O) groups excluding carboxylic acids is 1. The lowest BCUT2D eigenvalue weighted by atomic mass is 9.95. The van der Waals surface area contributed by atoms with E-state index < -0.39 is 0 Å². The molecule has 0 aromatic heterocycles. The molecule has 0 heterocycles. The first-order valence-corrected chi connectivity index (χ1v) is 12.6. The van der Waals surface area contributed by atoms with Crippen LogP contribution in [0.5, 0.6) is 0 Å². The lowest BCUT2D eigenvalue weighted by Crippen LogP contribution is -2.26. The Bertz CT molecular complexity index is 1580. The van der Waals surface area contributed by atoms with Crippen LogP contribution in [0.25, 0.3) is 0 Å². The van der Waals surface area contributed by atoms with Gasteiger partial charge in [-0.25, -0.2) is 4.99 Å². The Morgan fingerprint density at radius 3 is 1.63 bits per heavy atom. The summed E-state index contributed by atoms with van der Waals surface area (Å²) in [5, 5.41) is 6.82. The molecule has 0 atom stereocenters. The predicted octanol–water partition coefficient (Wildman–Crippen LogP) is 6.32. The Kier molecular flexibility index (Phi) is 7.05. The molecule has 0 radical (unpaired) electrons. The van der Waals surface area contributed by atoms with Crippen molar-refractivity contribution in [2.45, 2.75) is 48.5 Å². The number of nitrogen functional groups attached to an aromatic ring is 3. The maximum absolute atomic E-state index is 13.5. The molecule has 4 rings (SSSR count).